The van der Waals surface area contributed by atoms with Gasteiger partial charge in [0.2, 0.25) is 0 Å². The van der Waals surface area contributed by atoms with Gasteiger partial charge in [-0.05, 0) is 36.8 Å². The second kappa shape index (κ2) is 5.60. The molecule has 0 amide bonds. The van der Waals surface area contributed by atoms with E-state index >= 15 is 0 Å². The van der Waals surface area contributed by atoms with Gasteiger partial charge < -0.3 is 4.57 Å². The maximum absolute atomic E-state index is 4.12. The molecule has 100 valence electrons. The number of hydrogen-bond acceptors (Lipinski definition) is 1. The highest BCUT2D eigenvalue weighted by Crippen LogP contribution is 2.33. The van der Waals surface area contributed by atoms with Crippen molar-refractivity contribution in [3.63, 3.8) is 0 Å². The fourth-order valence-electron chi connectivity index (χ4n) is 3.25. The van der Waals surface area contributed by atoms with E-state index in [2.05, 4.69) is 34.7 Å². The summed E-state index contributed by atoms with van der Waals surface area (Å²) in [5.41, 5.74) is 4.34. The van der Waals surface area contributed by atoms with Crippen LogP contribution in [0.5, 0.6) is 0 Å². The lowest BCUT2D eigenvalue weighted by Crippen LogP contribution is -2.06. The molecule has 0 saturated heterocycles. The molecule has 1 heterocycles. The third-order valence-corrected chi connectivity index (χ3v) is 4.16. The van der Waals surface area contributed by atoms with Gasteiger partial charge in [-0.3, -0.25) is 0 Å². The van der Waals surface area contributed by atoms with Crippen molar-refractivity contribution in [1.29, 1.82) is 0 Å². The van der Waals surface area contributed by atoms with Crippen LogP contribution in [0.3, 0.4) is 0 Å². The number of hydrogen-bond donors (Lipinski definition) is 0. The molecular weight excluding hydrogens is 232 g/mol. The van der Waals surface area contributed by atoms with Crippen LogP contribution in [0.15, 0.2) is 36.9 Å². The first-order chi connectivity index (χ1) is 9.31. The Kier molecular flexibility index (Phi) is 3.67. The Bertz CT molecular complexity index is 522. The zero-order valence-corrected chi connectivity index (χ0v) is 11.7. The number of rotatable bonds is 3. The quantitative estimate of drug-likeness (QED) is 0.799. The van der Waals surface area contributed by atoms with Gasteiger partial charge in [-0.1, -0.05) is 43.0 Å². The summed E-state index contributed by atoms with van der Waals surface area (Å²) < 4.78 is 2.14. The second-order valence-electron chi connectivity index (χ2n) is 5.82. The zero-order chi connectivity index (χ0) is 13.1. The van der Waals surface area contributed by atoms with Crippen molar-refractivity contribution in [2.24, 2.45) is 0 Å². The minimum absolute atomic E-state index is 0.787. The van der Waals surface area contributed by atoms with Crippen LogP contribution in [0.4, 0.5) is 0 Å². The van der Waals surface area contributed by atoms with Gasteiger partial charge in [0, 0.05) is 18.9 Å². The summed E-state index contributed by atoms with van der Waals surface area (Å²) in [4.78, 5) is 4.12. The molecule has 0 aliphatic heterocycles. The van der Waals surface area contributed by atoms with Gasteiger partial charge in [0.15, 0.2) is 0 Å². The van der Waals surface area contributed by atoms with Gasteiger partial charge in [0.05, 0.1) is 6.33 Å². The van der Waals surface area contributed by atoms with Gasteiger partial charge in [0.25, 0.3) is 0 Å². The molecule has 1 saturated carbocycles. The van der Waals surface area contributed by atoms with Gasteiger partial charge >= 0.3 is 0 Å². The van der Waals surface area contributed by atoms with E-state index in [-0.39, 0.29) is 0 Å². The Morgan fingerprint density at radius 1 is 1.16 bits per heavy atom. The summed E-state index contributed by atoms with van der Waals surface area (Å²) in [6, 6.07) is 7.09. The number of aromatic nitrogens is 2. The maximum atomic E-state index is 4.12. The molecule has 1 aliphatic rings. The normalized spacial score (nSPS) is 16.7. The first-order valence-corrected chi connectivity index (χ1v) is 7.37. The molecule has 2 aromatic rings. The van der Waals surface area contributed by atoms with Crippen molar-refractivity contribution < 1.29 is 0 Å². The molecule has 1 aliphatic carbocycles. The predicted octanol–water partition coefficient (Wildman–Crippen LogP) is 4.29. The minimum Gasteiger partial charge on any atom is -0.333 e. The molecule has 2 heteroatoms. The Morgan fingerprint density at radius 2 is 2.00 bits per heavy atom. The van der Waals surface area contributed by atoms with E-state index in [0.29, 0.717) is 0 Å². The summed E-state index contributed by atoms with van der Waals surface area (Å²) in [5, 5.41) is 0. The molecule has 1 aromatic heterocycles. The smallest absolute Gasteiger partial charge is 0.0949 e. The fourth-order valence-corrected chi connectivity index (χ4v) is 3.25. The van der Waals surface area contributed by atoms with E-state index in [9.17, 15) is 0 Å². The average Bonchev–Trinajstić information content (AvgIpc) is 2.92. The van der Waals surface area contributed by atoms with Crippen LogP contribution < -0.4 is 0 Å². The Labute approximate surface area is 115 Å². The van der Waals surface area contributed by atoms with Gasteiger partial charge in [0.1, 0.15) is 0 Å². The first kappa shape index (κ1) is 12.5. The third kappa shape index (κ3) is 3.06. The van der Waals surface area contributed by atoms with Crippen LogP contribution >= 0.6 is 0 Å². The van der Waals surface area contributed by atoms with Crippen LogP contribution in [-0.4, -0.2) is 9.55 Å². The average molecular weight is 254 g/mol. The van der Waals surface area contributed by atoms with Crippen LogP contribution in [0, 0.1) is 6.92 Å². The Hall–Kier alpha value is -1.57. The van der Waals surface area contributed by atoms with E-state index in [4.69, 9.17) is 0 Å². The van der Waals surface area contributed by atoms with Crippen molar-refractivity contribution in [2.45, 2.75) is 51.5 Å². The van der Waals surface area contributed by atoms with E-state index in [1.54, 1.807) is 5.56 Å². The number of benzene rings is 1. The highest BCUT2D eigenvalue weighted by Gasteiger charge is 2.16. The molecule has 3 rings (SSSR count). The summed E-state index contributed by atoms with van der Waals surface area (Å²) in [7, 11) is 0. The molecular formula is C17H22N2. The highest BCUT2D eigenvalue weighted by atomic mass is 15.0. The summed E-state index contributed by atoms with van der Waals surface area (Å²) in [6.07, 6.45) is 12.7. The van der Waals surface area contributed by atoms with Gasteiger partial charge in [-0.15, -0.1) is 0 Å². The fraction of sp³-hybridized carbons (Fsp3) is 0.471. The van der Waals surface area contributed by atoms with Crippen molar-refractivity contribution in [3.05, 3.63) is 53.6 Å². The van der Waals surface area contributed by atoms with Crippen molar-refractivity contribution in [3.8, 4) is 0 Å². The SMILES string of the molecule is Cc1cc(Cn2ccnc2)cc(C2CCCCC2)c1. The molecule has 0 unspecified atom stereocenters. The molecule has 0 spiro atoms. The number of imidazole rings is 1. The molecule has 2 nitrogen and oxygen atoms in total. The van der Waals surface area contributed by atoms with Crippen LogP contribution in [-0.2, 0) is 6.54 Å². The van der Waals surface area contributed by atoms with E-state index in [1.165, 1.54) is 43.2 Å². The van der Waals surface area contributed by atoms with E-state index in [1.807, 2.05) is 18.7 Å². The standard InChI is InChI=1S/C17H22N2/c1-14-9-15(12-19-8-7-18-13-19)11-17(10-14)16-5-3-2-4-6-16/h7-11,13,16H,2-6,12H2,1H3. The summed E-state index contributed by atoms with van der Waals surface area (Å²) in [5.74, 6) is 0.787. The number of nitrogens with zero attached hydrogens (tertiary/aromatic N) is 2. The summed E-state index contributed by atoms with van der Waals surface area (Å²) >= 11 is 0. The van der Waals surface area contributed by atoms with E-state index < -0.39 is 0 Å². The van der Waals surface area contributed by atoms with Crippen LogP contribution in [0.1, 0.15) is 54.7 Å². The molecule has 1 fully saturated rings. The summed E-state index contributed by atoms with van der Waals surface area (Å²) in [6.45, 7) is 3.14. The zero-order valence-electron chi connectivity index (χ0n) is 11.7. The molecule has 0 N–H and O–H groups in total. The first-order valence-electron chi connectivity index (χ1n) is 7.37. The predicted molar refractivity (Wildman–Crippen MR) is 78.3 cm³/mol. The third-order valence-electron chi connectivity index (χ3n) is 4.16. The van der Waals surface area contributed by atoms with Crippen LogP contribution in [0.2, 0.25) is 0 Å². The Balaban J connectivity index is 1.82. The van der Waals surface area contributed by atoms with Crippen LogP contribution in [0.25, 0.3) is 0 Å². The number of aryl methyl sites for hydroxylation is 1. The monoisotopic (exact) mass is 254 g/mol. The molecule has 0 radical (unpaired) electrons. The molecule has 0 atom stereocenters. The van der Waals surface area contributed by atoms with Gasteiger partial charge in [-0.2, -0.15) is 0 Å². The lowest BCUT2D eigenvalue weighted by molar-refractivity contribution is 0.443. The molecule has 1 aromatic carbocycles. The lowest BCUT2D eigenvalue weighted by atomic mass is 9.83. The highest BCUT2D eigenvalue weighted by molar-refractivity contribution is 5.32. The Morgan fingerprint density at radius 3 is 2.74 bits per heavy atom. The van der Waals surface area contributed by atoms with Gasteiger partial charge in [-0.25, -0.2) is 4.98 Å². The second-order valence-corrected chi connectivity index (χ2v) is 5.82. The molecule has 19 heavy (non-hydrogen) atoms. The topological polar surface area (TPSA) is 17.8 Å². The van der Waals surface area contributed by atoms with Crippen molar-refractivity contribution in [1.82, 2.24) is 9.55 Å². The van der Waals surface area contributed by atoms with Crippen molar-refractivity contribution in [2.75, 3.05) is 0 Å². The maximum Gasteiger partial charge on any atom is 0.0949 e. The van der Waals surface area contributed by atoms with E-state index in [0.717, 1.165) is 12.5 Å². The van der Waals surface area contributed by atoms with Crippen molar-refractivity contribution >= 4 is 0 Å². The largest absolute Gasteiger partial charge is 0.333 e. The minimum atomic E-state index is 0.787. The molecule has 0 bridgehead atoms. The lowest BCUT2D eigenvalue weighted by Gasteiger charge is -2.23.